The summed E-state index contributed by atoms with van der Waals surface area (Å²) in [7, 11) is 0. The van der Waals surface area contributed by atoms with Gasteiger partial charge in [-0.2, -0.15) is 0 Å². The number of hydrogen-bond acceptors (Lipinski definition) is 3. The summed E-state index contributed by atoms with van der Waals surface area (Å²) < 4.78 is 0. The van der Waals surface area contributed by atoms with Crippen LogP contribution in [0.2, 0.25) is 0 Å². The highest BCUT2D eigenvalue weighted by atomic mass is 16.6. The van der Waals surface area contributed by atoms with Crippen molar-refractivity contribution < 1.29 is 4.84 Å². The van der Waals surface area contributed by atoms with Gasteiger partial charge in [0.15, 0.2) is 6.10 Å². The standard InChI is InChI=1S/C13H14N2O/c1-2-7-11-9(5-1)13-12-10(14-16-13)6-3-4-8-15(11)12/h1-2,5,7,12-13H,3-4,6,8H2/t12-,13-/m0/s1. The van der Waals surface area contributed by atoms with E-state index in [9.17, 15) is 0 Å². The Labute approximate surface area is 94.7 Å². The molecule has 3 aliphatic heterocycles. The van der Waals surface area contributed by atoms with Crippen molar-refractivity contribution in [3.8, 4) is 0 Å². The van der Waals surface area contributed by atoms with Gasteiger partial charge in [0.2, 0.25) is 0 Å². The highest BCUT2D eigenvalue weighted by Gasteiger charge is 2.47. The lowest BCUT2D eigenvalue weighted by atomic mass is 10.0. The van der Waals surface area contributed by atoms with Crippen molar-refractivity contribution in [2.24, 2.45) is 5.16 Å². The van der Waals surface area contributed by atoms with E-state index in [0.29, 0.717) is 6.04 Å². The maximum atomic E-state index is 5.62. The Morgan fingerprint density at radius 3 is 3.19 bits per heavy atom. The lowest BCUT2D eigenvalue weighted by Crippen LogP contribution is -2.36. The molecule has 3 heterocycles. The van der Waals surface area contributed by atoms with Crippen molar-refractivity contribution in [3.63, 3.8) is 0 Å². The minimum Gasteiger partial charge on any atom is -0.385 e. The van der Waals surface area contributed by atoms with E-state index in [2.05, 4.69) is 34.3 Å². The second kappa shape index (κ2) is 3.00. The van der Waals surface area contributed by atoms with E-state index in [0.717, 1.165) is 13.0 Å². The third-order valence-electron chi connectivity index (χ3n) is 3.88. The van der Waals surface area contributed by atoms with Crippen LogP contribution in [0.4, 0.5) is 5.69 Å². The maximum Gasteiger partial charge on any atom is 0.180 e. The van der Waals surface area contributed by atoms with Crippen LogP contribution in [0.5, 0.6) is 0 Å². The molecule has 3 heteroatoms. The Morgan fingerprint density at radius 2 is 2.19 bits per heavy atom. The van der Waals surface area contributed by atoms with Crippen molar-refractivity contribution in [1.82, 2.24) is 0 Å². The summed E-state index contributed by atoms with van der Waals surface area (Å²) in [6, 6.07) is 8.97. The summed E-state index contributed by atoms with van der Waals surface area (Å²) in [6.07, 6.45) is 3.76. The van der Waals surface area contributed by atoms with Gasteiger partial charge in [-0.25, -0.2) is 0 Å². The molecule has 16 heavy (non-hydrogen) atoms. The van der Waals surface area contributed by atoms with E-state index in [1.807, 2.05) is 0 Å². The lowest BCUT2D eigenvalue weighted by molar-refractivity contribution is 0.0824. The zero-order chi connectivity index (χ0) is 10.5. The molecular formula is C13H14N2O. The fourth-order valence-corrected chi connectivity index (χ4v) is 3.16. The molecule has 0 radical (unpaired) electrons. The van der Waals surface area contributed by atoms with Crippen molar-refractivity contribution >= 4 is 11.4 Å². The zero-order valence-corrected chi connectivity index (χ0v) is 9.10. The van der Waals surface area contributed by atoms with Crippen LogP contribution >= 0.6 is 0 Å². The van der Waals surface area contributed by atoms with Crippen LogP contribution in [0.3, 0.4) is 0 Å². The number of nitrogens with zero attached hydrogens (tertiary/aromatic N) is 2. The Balaban J connectivity index is 1.88. The highest BCUT2D eigenvalue weighted by molar-refractivity contribution is 5.96. The van der Waals surface area contributed by atoms with Crippen LogP contribution in [0.15, 0.2) is 29.4 Å². The monoisotopic (exact) mass is 214 g/mol. The van der Waals surface area contributed by atoms with Crippen LogP contribution < -0.4 is 4.90 Å². The maximum absolute atomic E-state index is 5.62. The fraction of sp³-hybridized carbons (Fsp3) is 0.462. The molecule has 1 saturated heterocycles. The molecule has 0 bridgehead atoms. The second-order valence-electron chi connectivity index (χ2n) is 4.76. The predicted octanol–water partition coefficient (Wildman–Crippen LogP) is 2.49. The smallest absolute Gasteiger partial charge is 0.180 e. The third kappa shape index (κ3) is 0.958. The zero-order valence-electron chi connectivity index (χ0n) is 9.10. The van der Waals surface area contributed by atoms with Crippen LogP contribution in [0.25, 0.3) is 0 Å². The molecule has 4 rings (SSSR count). The molecule has 3 nitrogen and oxygen atoms in total. The molecule has 0 N–H and O–H groups in total. The van der Waals surface area contributed by atoms with E-state index in [-0.39, 0.29) is 6.10 Å². The fourth-order valence-electron chi connectivity index (χ4n) is 3.16. The molecular weight excluding hydrogens is 200 g/mol. The van der Waals surface area contributed by atoms with E-state index in [4.69, 9.17) is 4.84 Å². The van der Waals surface area contributed by atoms with E-state index < -0.39 is 0 Å². The minimum absolute atomic E-state index is 0.157. The number of benzene rings is 1. The first-order chi connectivity index (χ1) is 7.95. The quantitative estimate of drug-likeness (QED) is 0.662. The molecule has 1 fully saturated rings. The first-order valence-electron chi connectivity index (χ1n) is 6.03. The van der Waals surface area contributed by atoms with Gasteiger partial charge >= 0.3 is 0 Å². The van der Waals surface area contributed by atoms with Crippen LogP contribution in [-0.4, -0.2) is 18.3 Å². The Hall–Kier alpha value is -1.51. The van der Waals surface area contributed by atoms with Crippen molar-refractivity contribution in [2.45, 2.75) is 31.4 Å². The van der Waals surface area contributed by atoms with Gasteiger partial charge in [0.25, 0.3) is 0 Å². The van der Waals surface area contributed by atoms with Gasteiger partial charge in [-0.05, 0) is 25.3 Å². The number of hydrogen-bond donors (Lipinski definition) is 0. The molecule has 3 aliphatic rings. The summed E-state index contributed by atoms with van der Waals surface area (Å²) in [5.74, 6) is 0. The molecule has 82 valence electrons. The first-order valence-corrected chi connectivity index (χ1v) is 6.03. The molecule has 2 atom stereocenters. The molecule has 1 aromatic rings. The molecule has 0 amide bonds. The number of anilines is 1. The Bertz CT molecular complexity index is 469. The number of rotatable bonds is 0. The van der Waals surface area contributed by atoms with E-state index in [1.165, 1.54) is 29.8 Å². The normalized spacial score (nSPS) is 30.2. The Morgan fingerprint density at radius 1 is 1.25 bits per heavy atom. The van der Waals surface area contributed by atoms with Crippen LogP contribution in [0, 0.1) is 0 Å². The van der Waals surface area contributed by atoms with Crippen molar-refractivity contribution in [3.05, 3.63) is 29.8 Å². The molecule has 0 aliphatic carbocycles. The minimum atomic E-state index is 0.157. The number of para-hydroxylation sites is 1. The van der Waals surface area contributed by atoms with Gasteiger partial charge in [-0.15, -0.1) is 0 Å². The molecule has 0 aromatic heterocycles. The van der Waals surface area contributed by atoms with Gasteiger partial charge in [0.1, 0.15) is 6.04 Å². The average Bonchev–Trinajstić information content (AvgIpc) is 2.77. The molecule has 0 saturated carbocycles. The van der Waals surface area contributed by atoms with Gasteiger partial charge in [-0.1, -0.05) is 23.4 Å². The first kappa shape index (κ1) is 8.62. The van der Waals surface area contributed by atoms with Crippen LogP contribution in [0.1, 0.15) is 30.9 Å². The molecule has 1 aromatic carbocycles. The summed E-state index contributed by atoms with van der Waals surface area (Å²) in [5, 5.41) is 4.27. The van der Waals surface area contributed by atoms with Crippen molar-refractivity contribution in [1.29, 1.82) is 0 Å². The Kier molecular flexibility index (Phi) is 1.62. The van der Waals surface area contributed by atoms with E-state index in [1.54, 1.807) is 0 Å². The summed E-state index contributed by atoms with van der Waals surface area (Å²) in [4.78, 5) is 8.10. The second-order valence-corrected chi connectivity index (χ2v) is 4.76. The topological polar surface area (TPSA) is 24.8 Å². The summed E-state index contributed by atoms with van der Waals surface area (Å²) in [5.41, 5.74) is 3.92. The van der Waals surface area contributed by atoms with Crippen molar-refractivity contribution in [2.75, 3.05) is 11.4 Å². The molecule has 0 spiro atoms. The van der Waals surface area contributed by atoms with Crippen LogP contribution in [-0.2, 0) is 4.84 Å². The lowest BCUT2D eigenvalue weighted by Gasteiger charge is -2.23. The third-order valence-corrected chi connectivity index (χ3v) is 3.88. The summed E-state index contributed by atoms with van der Waals surface area (Å²) >= 11 is 0. The van der Waals surface area contributed by atoms with Gasteiger partial charge in [0.05, 0.1) is 5.71 Å². The van der Waals surface area contributed by atoms with Gasteiger partial charge in [-0.3, -0.25) is 0 Å². The number of oxime groups is 1. The SMILES string of the molecule is c1ccc2c(c1)[C@@H]1ON=C3CCCCN2[C@@H]31. The van der Waals surface area contributed by atoms with Gasteiger partial charge < -0.3 is 9.74 Å². The predicted molar refractivity (Wildman–Crippen MR) is 62.7 cm³/mol. The van der Waals surface area contributed by atoms with Gasteiger partial charge in [0, 0.05) is 17.8 Å². The largest absolute Gasteiger partial charge is 0.385 e. The van der Waals surface area contributed by atoms with E-state index >= 15 is 0 Å². The summed E-state index contributed by atoms with van der Waals surface area (Å²) in [6.45, 7) is 1.14. The molecule has 0 unspecified atom stereocenters. The average molecular weight is 214 g/mol. The highest BCUT2D eigenvalue weighted by Crippen LogP contribution is 2.46. The number of fused-ring (bicyclic) bond motifs is 3.